The van der Waals surface area contributed by atoms with Crippen LogP contribution >= 0.6 is 11.3 Å². The Hall–Kier alpha value is -2.68. The van der Waals surface area contributed by atoms with Crippen molar-refractivity contribution < 1.29 is 18.0 Å². The molecule has 0 bridgehead atoms. The van der Waals surface area contributed by atoms with Crippen molar-refractivity contribution >= 4 is 38.4 Å². The largest absolute Gasteiger partial charge is 0.417 e. The fourth-order valence-electron chi connectivity index (χ4n) is 2.23. The number of nitrogens with one attached hydrogen (secondary N) is 1. The first kappa shape index (κ1) is 16.2. The number of thiazole rings is 1. The number of aromatic nitrogens is 2. The number of carbonyl (C=O) groups excluding carboxylic acids is 1. The molecular formula is C15H11F3N4OS. The van der Waals surface area contributed by atoms with E-state index in [-0.39, 0.29) is 17.3 Å². The van der Waals surface area contributed by atoms with Gasteiger partial charge in [0, 0.05) is 18.7 Å². The van der Waals surface area contributed by atoms with Gasteiger partial charge in [-0.05, 0) is 23.8 Å². The Morgan fingerprint density at radius 2 is 2.04 bits per heavy atom. The van der Waals surface area contributed by atoms with Crippen molar-refractivity contribution in [3.8, 4) is 11.1 Å². The van der Waals surface area contributed by atoms with Gasteiger partial charge in [-0.3, -0.25) is 4.79 Å². The number of hydrogen-bond acceptors (Lipinski definition) is 5. The number of benzene rings is 1. The number of carbonyl (C=O) groups is 1. The summed E-state index contributed by atoms with van der Waals surface area (Å²) in [6.07, 6.45) is -3.44. The molecule has 0 saturated carbocycles. The second kappa shape index (κ2) is 5.75. The zero-order valence-corrected chi connectivity index (χ0v) is 13.1. The number of amides is 1. The molecule has 2 heterocycles. The number of hydrogen-bond donors (Lipinski definition) is 2. The Kier molecular flexibility index (Phi) is 3.88. The van der Waals surface area contributed by atoms with Gasteiger partial charge in [-0.25, -0.2) is 9.97 Å². The number of halogens is 3. The van der Waals surface area contributed by atoms with Crippen LogP contribution in [-0.4, -0.2) is 15.9 Å². The van der Waals surface area contributed by atoms with E-state index in [2.05, 4.69) is 15.3 Å². The van der Waals surface area contributed by atoms with Gasteiger partial charge in [-0.1, -0.05) is 17.4 Å². The molecule has 2 aromatic heterocycles. The van der Waals surface area contributed by atoms with Gasteiger partial charge in [0.1, 0.15) is 5.82 Å². The van der Waals surface area contributed by atoms with Gasteiger partial charge in [0.25, 0.3) is 0 Å². The number of anilines is 2. The molecule has 0 unspecified atom stereocenters. The van der Waals surface area contributed by atoms with Crippen molar-refractivity contribution in [1.82, 2.24) is 9.97 Å². The quantitative estimate of drug-likeness (QED) is 0.732. The first-order valence-corrected chi connectivity index (χ1v) is 7.57. The maximum Gasteiger partial charge on any atom is 0.417 e. The van der Waals surface area contributed by atoms with Gasteiger partial charge in [-0.2, -0.15) is 13.2 Å². The Bertz CT molecular complexity index is 936. The standard InChI is InChI=1S/C15H11F3N4OS/c1-7(23)21-14-22-11-3-2-8(4-12(11)24-14)9-6-20-13(19)5-10(9)15(16,17)18/h2-6H,1H3,(H2,19,20)(H,21,22,23). The van der Waals surface area contributed by atoms with Crippen molar-refractivity contribution in [3.05, 3.63) is 36.0 Å². The lowest BCUT2D eigenvalue weighted by atomic mass is 10.0. The molecule has 3 aromatic rings. The predicted octanol–water partition coefficient (Wildman–Crippen LogP) is 3.92. The summed E-state index contributed by atoms with van der Waals surface area (Å²) in [5, 5.41) is 2.95. The van der Waals surface area contributed by atoms with E-state index in [0.717, 1.165) is 12.3 Å². The molecule has 0 aliphatic carbocycles. The minimum absolute atomic E-state index is 0.0620. The molecule has 0 saturated heterocycles. The van der Waals surface area contributed by atoms with Crippen LogP contribution in [0.15, 0.2) is 30.5 Å². The summed E-state index contributed by atoms with van der Waals surface area (Å²) >= 11 is 1.18. The van der Waals surface area contributed by atoms with E-state index in [1.54, 1.807) is 12.1 Å². The van der Waals surface area contributed by atoms with Crippen LogP contribution in [0.25, 0.3) is 21.3 Å². The number of nitrogens with zero attached hydrogens (tertiary/aromatic N) is 2. The lowest BCUT2D eigenvalue weighted by Gasteiger charge is -2.13. The second-order valence-corrected chi connectivity index (χ2v) is 6.07. The molecule has 1 amide bonds. The number of fused-ring (bicyclic) bond motifs is 1. The topological polar surface area (TPSA) is 80.9 Å². The maximum atomic E-state index is 13.2. The number of nitrogen functional groups attached to an aromatic ring is 1. The van der Waals surface area contributed by atoms with E-state index in [1.807, 2.05) is 0 Å². The summed E-state index contributed by atoms with van der Waals surface area (Å²) in [5.74, 6) is -0.464. The highest BCUT2D eigenvalue weighted by molar-refractivity contribution is 7.22. The van der Waals surface area contributed by atoms with Gasteiger partial charge in [0.05, 0.1) is 15.8 Å². The third-order valence-electron chi connectivity index (χ3n) is 3.21. The molecule has 0 aliphatic rings. The molecule has 3 rings (SSSR count). The van der Waals surface area contributed by atoms with Crippen molar-refractivity contribution in [1.29, 1.82) is 0 Å². The molecule has 24 heavy (non-hydrogen) atoms. The fraction of sp³-hybridized carbons (Fsp3) is 0.133. The van der Waals surface area contributed by atoms with Crippen molar-refractivity contribution in [2.75, 3.05) is 11.1 Å². The number of rotatable bonds is 2. The van der Waals surface area contributed by atoms with E-state index < -0.39 is 11.7 Å². The summed E-state index contributed by atoms with van der Waals surface area (Å²) in [7, 11) is 0. The minimum Gasteiger partial charge on any atom is -0.384 e. The van der Waals surface area contributed by atoms with Crippen LogP contribution in [0.1, 0.15) is 12.5 Å². The average molecular weight is 352 g/mol. The molecule has 9 heteroatoms. The van der Waals surface area contributed by atoms with Crippen LogP contribution in [-0.2, 0) is 11.0 Å². The number of pyridine rings is 1. The molecule has 3 N–H and O–H groups in total. The summed E-state index contributed by atoms with van der Waals surface area (Å²) < 4.78 is 40.4. The van der Waals surface area contributed by atoms with Gasteiger partial charge >= 0.3 is 6.18 Å². The molecule has 5 nitrogen and oxygen atoms in total. The van der Waals surface area contributed by atoms with E-state index in [1.165, 1.54) is 24.3 Å². The van der Waals surface area contributed by atoms with E-state index >= 15 is 0 Å². The van der Waals surface area contributed by atoms with Crippen molar-refractivity contribution in [2.45, 2.75) is 13.1 Å². The molecule has 0 aliphatic heterocycles. The van der Waals surface area contributed by atoms with Gasteiger partial charge in [0.15, 0.2) is 5.13 Å². The SMILES string of the molecule is CC(=O)Nc1nc2ccc(-c3cnc(N)cc3C(F)(F)F)cc2s1. The highest BCUT2D eigenvalue weighted by Gasteiger charge is 2.34. The smallest absolute Gasteiger partial charge is 0.384 e. The highest BCUT2D eigenvalue weighted by atomic mass is 32.1. The molecule has 0 fully saturated rings. The van der Waals surface area contributed by atoms with E-state index in [0.29, 0.717) is 20.9 Å². The fourth-order valence-corrected chi connectivity index (χ4v) is 3.18. The molecule has 0 radical (unpaired) electrons. The third-order valence-corrected chi connectivity index (χ3v) is 4.15. The second-order valence-electron chi connectivity index (χ2n) is 5.04. The summed E-state index contributed by atoms with van der Waals surface area (Å²) in [6, 6.07) is 5.53. The predicted molar refractivity (Wildman–Crippen MR) is 86.6 cm³/mol. The molecule has 1 aromatic carbocycles. The van der Waals surface area contributed by atoms with Gasteiger partial charge in [-0.15, -0.1) is 0 Å². The zero-order chi connectivity index (χ0) is 17.5. The third kappa shape index (κ3) is 3.16. The maximum absolute atomic E-state index is 13.2. The Balaban J connectivity index is 2.11. The molecule has 124 valence electrons. The zero-order valence-electron chi connectivity index (χ0n) is 12.3. The molecule has 0 atom stereocenters. The van der Waals surface area contributed by atoms with Crippen LogP contribution in [0, 0.1) is 0 Å². The van der Waals surface area contributed by atoms with Crippen LogP contribution < -0.4 is 11.1 Å². The molecule has 0 spiro atoms. The van der Waals surface area contributed by atoms with Gasteiger partial charge < -0.3 is 11.1 Å². The summed E-state index contributed by atoms with van der Waals surface area (Å²) in [4.78, 5) is 19.0. The van der Waals surface area contributed by atoms with E-state index in [9.17, 15) is 18.0 Å². The van der Waals surface area contributed by atoms with Crippen LogP contribution in [0.4, 0.5) is 24.1 Å². The lowest BCUT2D eigenvalue weighted by Crippen LogP contribution is -2.09. The average Bonchev–Trinajstić information content (AvgIpc) is 2.86. The lowest BCUT2D eigenvalue weighted by molar-refractivity contribution is -0.137. The summed E-state index contributed by atoms with van der Waals surface area (Å²) in [6.45, 7) is 1.35. The van der Waals surface area contributed by atoms with Gasteiger partial charge in [0.2, 0.25) is 5.91 Å². The van der Waals surface area contributed by atoms with Crippen LogP contribution in [0.5, 0.6) is 0 Å². The number of nitrogens with two attached hydrogens (primary N) is 1. The highest BCUT2D eigenvalue weighted by Crippen LogP contribution is 2.39. The van der Waals surface area contributed by atoms with Crippen LogP contribution in [0.3, 0.4) is 0 Å². The van der Waals surface area contributed by atoms with Crippen molar-refractivity contribution in [2.24, 2.45) is 0 Å². The van der Waals surface area contributed by atoms with Crippen LogP contribution in [0.2, 0.25) is 0 Å². The number of alkyl halides is 3. The first-order chi connectivity index (χ1) is 11.2. The molecular weight excluding hydrogens is 341 g/mol. The monoisotopic (exact) mass is 352 g/mol. The Morgan fingerprint density at radius 3 is 2.71 bits per heavy atom. The normalized spacial score (nSPS) is 11.7. The van der Waals surface area contributed by atoms with Crippen molar-refractivity contribution in [3.63, 3.8) is 0 Å². The summed E-state index contributed by atoms with van der Waals surface area (Å²) in [5.41, 5.74) is 5.41. The first-order valence-electron chi connectivity index (χ1n) is 6.75. The minimum atomic E-state index is -4.55. The Morgan fingerprint density at radius 1 is 1.29 bits per heavy atom. The Labute approximate surface area is 138 Å². The van der Waals surface area contributed by atoms with E-state index in [4.69, 9.17) is 5.73 Å².